The number of aromatic carboxylic acids is 1. The van der Waals surface area contributed by atoms with Crippen molar-refractivity contribution in [2.24, 2.45) is 35.5 Å². The molecule has 12 atom stereocenters. The highest BCUT2D eigenvalue weighted by Gasteiger charge is 2.55. The van der Waals surface area contributed by atoms with Crippen LogP contribution in [0.2, 0.25) is 0 Å². The molecule has 2 heterocycles. The fourth-order valence-corrected chi connectivity index (χ4v) is 12.2. The normalized spacial score (nSPS) is 27.2. The van der Waals surface area contributed by atoms with Gasteiger partial charge in [0.05, 0.1) is 18.2 Å². The summed E-state index contributed by atoms with van der Waals surface area (Å²) in [6.45, 7) is 25.6. The molecular formula is C67H109N11O14. The molecule has 92 heavy (non-hydrogen) atoms. The third-order valence-electron chi connectivity index (χ3n) is 17.6. The van der Waals surface area contributed by atoms with Gasteiger partial charge in [0, 0.05) is 49.3 Å². The van der Waals surface area contributed by atoms with Crippen LogP contribution in [0.25, 0.3) is 6.08 Å². The average Bonchev–Trinajstić information content (AvgIpc) is 1.60. The van der Waals surface area contributed by atoms with E-state index in [2.05, 4.69) is 16.0 Å². The van der Waals surface area contributed by atoms with Crippen molar-refractivity contribution >= 4 is 77.0 Å². The predicted octanol–water partition coefficient (Wildman–Crippen LogP) is 3.56. The molecule has 2 saturated heterocycles. The van der Waals surface area contributed by atoms with Gasteiger partial charge in [-0.1, -0.05) is 114 Å². The number of rotatable bonds is 15. The zero-order valence-corrected chi connectivity index (χ0v) is 58.7. The van der Waals surface area contributed by atoms with Crippen LogP contribution in [0.1, 0.15) is 158 Å². The minimum absolute atomic E-state index is 0.0333. The van der Waals surface area contributed by atoms with E-state index in [9.17, 15) is 48.6 Å². The van der Waals surface area contributed by atoms with Gasteiger partial charge in [0.1, 0.15) is 66.5 Å². The monoisotopic (exact) mass is 1290 g/mol. The summed E-state index contributed by atoms with van der Waals surface area (Å²) in [6, 6.07) is -7.84. The summed E-state index contributed by atoms with van der Waals surface area (Å²) in [5, 5.41) is 30.2. The molecule has 3 rings (SSSR count). The van der Waals surface area contributed by atoms with E-state index in [-0.39, 0.29) is 67.8 Å². The molecule has 0 saturated carbocycles. The maximum atomic E-state index is 15.3. The van der Waals surface area contributed by atoms with Crippen LogP contribution in [0.3, 0.4) is 0 Å². The smallest absolute Gasteiger partial charge is 0.335 e. The standard InChI is InChI=1S/C67H109N11O14/c1-23-46-61(85)71(16)35-52(79)72(17)48(31-36(2)3)59(83)70-53(40(10)11)64(88)73(18)49(32-37(4)5)58(82)68-42(14)57(81)69-43(15)60(84)74(19)50(33-38(6)7)62(86)75(20)51(34-39(8)9)63(87)76(21)54(41(12)13)65(89)77(22)55-56(80)47(78(46)66(55)90)26-24-25-44-27-29-45(30-28-44)67(91)92/h24-25,27-30,36-43,46-51,53-56,80H,23,26,31-35H2,1-22H3,(H,68,82)(H,69,81)(H,70,83)(H,91,92)/b25-24+/t42?,43-,46+,47-,48+,49+,50+,51?,53?,54+,55+,56-/m1/s1. The Morgan fingerprint density at radius 2 is 0.957 bits per heavy atom. The number of aliphatic hydroxyl groups excluding tert-OH is 1. The van der Waals surface area contributed by atoms with Crippen molar-refractivity contribution in [1.82, 2.24) is 55.1 Å². The van der Waals surface area contributed by atoms with E-state index in [0.29, 0.717) is 5.56 Å². The zero-order chi connectivity index (χ0) is 70.4. The highest BCUT2D eigenvalue weighted by molar-refractivity contribution is 6.00. The summed E-state index contributed by atoms with van der Waals surface area (Å²) < 4.78 is 0. The number of fused-ring (bicyclic) bond motifs is 2. The molecule has 5 N–H and O–H groups in total. The maximum absolute atomic E-state index is 15.3. The van der Waals surface area contributed by atoms with Crippen LogP contribution in [0, 0.1) is 35.5 Å². The second-order valence-corrected chi connectivity index (χ2v) is 27.6. The van der Waals surface area contributed by atoms with E-state index >= 15 is 19.2 Å². The van der Waals surface area contributed by atoms with Crippen molar-refractivity contribution in [3.63, 3.8) is 0 Å². The number of amides is 11. The first-order valence-corrected chi connectivity index (χ1v) is 32.4. The number of aliphatic hydroxyl groups is 1. The molecule has 1 aromatic rings. The number of carboxylic acids is 1. The van der Waals surface area contributed by atoms with Crippen LogP contribution in [0.4, 0.5) is 0 Å². The number of carboxylic acid groups (broad SMARTS) is 1. The number of likely N-dealkylation sites (N-methyl/N-ethyl adjacent to an activating group) is 7. The van der Waals surface area contributed by atoms with Gasteiger partial charge < -0.3 is 65.4 Å². The number of benzene rings is 1. The summed E-state index contributed by atoms with van der Waals surface area (Å²) in [5.41, 5.74) is 0.632. The quantitative estimate of drug-likeness (QED) is 0.168. The second-order valence-electron chi connectivity index (χ2n) is 27.6. The average molecular weight is 1290 g/mol. The van der Waals surface area contributed by atoms with Gasteiger partial charge in [0.25, 0.3) is 0 Å². The molecule has 2 bridgehead atoms. The number of hydrogen-bond donors (Lipinski definition) is 5. The van der Waals surface area contributed by atoms with Gasteiger partial charge in [0.2, 0.25) is 65.0 Å². The largest absolute Gasteiger partial charge is 0.478 e. The van der Waals surface area contributed by atoms with Crippen LogP contribution >= 0.6 is 0 Å². The molecule has 0 radical (unpaired) electrons. The van der Waals surface area contributed by atoms with Gasteiger partial charge >= 0.3 is 5.97 Å². The van der Waals surface area contributed by atoms with Crippen molar-refractivity contribution in [3.05, 3.63) is 41.5 Å². The molecule has 2 fully saturated rings. The summed E-state index contributed by atoms with van der Waals surface area (Å²) >= 11 is 0. The summed E-state index contributed by atoms with van der Waals surface area (Å²) in [4.78, 5) is 183. The Hall–Kier alpha value is -7.44. The predicted molar refractivity (Wildman–Crippen MR) is 349 cm³/mol. The number of carbonyl (C=O) groups is 12. The van der Waals surface area contributed by atoms with E-state index in [0.717, 1.165) is 9.80 Å². The van der Waals surface area contributed by atoms with Gasteiger partial charge in [-0.2, -0.15) is 0 Å². The fourth-order valence-electron chi connectivity index (χ4n) is 12.2. The third kappa shape index (κ3) is 19.8. The van der Waals surface area contributed by atoms with Crippen LogP contribution < -0.4 is 16.0 Å². The van der Waals surface area contributed by atoms with Crippen molar-refractivity contribution in [3.8, 4) is 0 Å². The molecular weight excluding hydrogens is 1180 g/mol. The van der Waals surface area contributed by atoms with Crippen LogP contribution in [0.5, 0.6) is 0 Å². The topological polar surface area (TPSA) is 307 Å². The third-order valence-corrected chi connectivity index (χ3v) is 17.6. The first kappa shape index (κ1) is 78.8. The molecule has 516 valence electrons. The van der Waals surface area contributed by atoms with E-state index < -0.39 is 162 Å². The Kier molecular flexibility index (Phi) is 29.5. The summed E-state index contributed by atoms with van der Waals surface area (Å²) in [5.74, 6) is -10.6. The first-order chi connectivity index (χ1) is 42.6. The molecule has 2 aliphatic rings. The van der Waals surface area contributed by atoms with Crippen molar-refractivity contribution in [2.75, 3.05) is 55.9 Å². The molecule has 11 amide bonds. The van der Waals surface area contributed by atoms with Gasteiger partial charge in [-0.3, -0.25) is 52.7 Å². The number of nitrogens with one attached hydrogen (secondary N) is 3. The van der Waals surface area contributed by atoms with Crippen LogP contribution in [0.15, 0.2) is 30.3 Å². The SMILES string of the molecule is CC[C@H]1C(=O)N(C)CC(=O)N(C)[C@@H](CC(C)C)C(=O)NC(C(C)C)C(=O)N(C)[C@@H](CC(C)C)C(=O)NC(C)C(=O)N[C@H](C)C(=O)N(C)[C@@H](CC(C)C)C(=O)N(C)C(CC(C)C)C(=O)N(C)[C@@H](C(C)C)C(=O)N(C)[C@@H]2C(=O)N1[C@H](C/C=C/c1ccc(C(=O)O)cc1)[C@H]2O. The van der Waals surface area contributed by atoms with E-state index in [4.69, 9.17) is 0 Å². The molecule has 0 aromatic heterocycles. The molecule has 1 aromatic carbocycles. The summed E-state index contributed by atoms with van der Waals surface area (Å²) in [7, 11) is 9.82. The van der Waals surface area contributed by atoms with Crippen molar-refractivity contribution in [1.29, 1.82) is 0 Å². The van der Waals surface area contributed by atoms with E-state index in [1.807, 2.05) is 55.4 Å². The lowest BCUT2D eigenvalue weighted by Crippen LogP contribution is -2.61. The van der Waals surface area contributed by atoms with Crippen molar-refractivity contribution < 1.29 is 67.7 Å². The highest BCUT2D eigenvalue weighted by Crippen LogP contribution is 2.33. The zero-order valence-electron chi connectivity index (χ0n) is 58.7. The lowest BCUT2D eigenvalue weighted by molar-refractivity contribution is -0.156. The Bertz CT molecular complexity index is 2820. The van der Waals surface area contributed by atoms with Gasteiger partial charge in [-0.15, -0.1) is 0 Å². The molecule has 2 aliphatic heterocycles. The van der Waals surface area contributed by atoms with E-state index in [1.165, 1.54) is 105 Å². The maximum Gasteiger partial charge on any atom is 0.335 e. The first-order valence-electron chi connectivity index (χ1n) is 32.4. The van der Waals surface area contributed by atoms with E-state index in [1.54, 1.807) is 58.9 Å². The number of nitrogens with zero attached hydrogens (tertiary/aromatic N) is 8. The molecule has 25 nitrogen and oxygen atoms in total. The minimum Gasteiger partial charge on any atom is -0.478 e. The fraction of sp³-hybridized carbons (Fsp3) is 0.701. The Morgan fingerprint density at radius 3 is 1.42 bits per heavy atom. The Labute approximate surface area is 545 Å². The van der Waals surface area contributed by atoms with Gasteiger partial charge in [-0.05, 0) is 106 Å². The molecule has 0 spiro atoms. The Morgan fingerprint density at radius 1 is 0.511 bits per heavy atom. The lowest BCUT2D eigenvalue weighted by atomic mass is 9.95. The molecule has 3 unspecified atom stereocenters. The number of hydrogen-bond acceptors (Lipinski definition) is 13. The van der Waals surface area contributed by atoms with Gasteiger partial charge in [0.15, 0.2) is 0 Å². The van der Waals surface area contributed by atoms with Crippen LogP contribution in [-0.2, 0) is 52.7 Å². The van der Waals surface area contributed by atoms with Crippen molar-refractivity contribution in [2.45, 2.75) is 215 Å². The minimum atomic E-state index is -1.66. The molecule has 0 aliphatic carbocycles. The lowest BCUT2D eigenvalue weighted by Gasteiger charge is -2.40. The number of carbonyl (C=O) groups excluding carboxylic acids is 11. The van der Waals surface area contributed by atoms with Gasteiger partial charge in [-0.25, -0.2) is 4.79 Å². The highest BCUT2D eigenvalue weighted by atomic mass is 16.4. The Balaban J connectivity index is 2.35. The van der Waals surface area contributed by atoms with Crippen LogP contribution in [-0.4, -0.2) is 249 Å². The second kappa shape index (κ2) is 34.5. The summed E-state index contributed by atoms with van der Waals surface area (Å²) in [6.07, 6.45) is 2.05. The molecule has 25 heteroatoms.